The maximum atomic E-state index is 13.2. The quantitative estimate of drug-likeness (QED) is 0.669. The van der Waals surface area contributed by atoms with Gasteiger partial charge in [-0.25, -0.2) is 4.39 Å². The second-order valence-electron chi connectivity index (χ2n) is 4.56. The van der Waals surface area contributed by atoms with Crippen molar-refractivity contribution in [3.05, 3.63) is 64.0 Å². The molecule has 21 heavy (non-hydrogen) atoms. The lowest BCUT2D eigenvalue weighted by Crippen LogP contribution is -2.08. The normalized spacial score (nSPS) is 11.8. The third-order valence-corrected chi connectivity index (χ3v) is 3.12. The number of ether oxygens (including phenoxy) is 1. The van der Waals surface area contributed by atoms with Crippen molar-refractivity contribution in [2.75, 3.05) is 12.4 Å². The monoisotopic (exact) mass is 290 g/mol. The van der Waals surface area contributed by atoms with Crippen molar-refractivity contribution in [2.24, 2.45) is 0 Å². The number of halogens is 1. The summed E-state index contributed by atoms with van der Waals surface area (Å²) in [6.07, 6.45) is 0. The lowest BCUT2D eigenvalue weighted by atomic mass is 10.1. The fourth-order valence-electron chi connectivity index (χ4n) is 2.01. The highest BCUT2D eigenvalue weighted by Crippen LogP contribution is 2.31. The van der Waals surface area contributed by atoms with E-state index in [1.54, 1.807) is 25.1 Å². The van der Waals surface area contributed by atoms with Gasteiger partial charge in [0.2, 0.25) is 0 Å². The second kappa shape index (κ2) is 6.21. The number of nitro benzene ring substituents is 1. The van der Waals surface area contributed by atoms with Gasteiger partial charge in [0.15, 0.2) is 0 Å². The average Bonchev–Trinajstić information content (AvgIpc) is 2.46. The molecule has 1 atom stereocenters. The summed E-state index contributed by atoms with van der Waals surface area (Å²) in [6, 6.07) is 10.3. The molecule has 0 radical (unpaired) electrons. The molecule has 110 valence electrons. The van der Waals surface area contributed by atoms with E-state index in [0.29, 0.717) is 17.0 Å². The average molecular weight is 290 g/mol. The predicted octanol–water partition coefficient (Wildman–Crippen LogP) is 3.92. The van der Waals surface area contributed by atoms with E-state index in [1.165, 1.54) is 31.4 Å². The molecule has 0 saturated carbocycles. The van der Waals surface area contributed by atoms with E-state index in [9.17, 15) is 14.5 Å². The molecule has 0 bridgehead atoms. The summed E-state index contributed by atoms with van der Waals surface area (Å²) >= 11 is 0. The Balaban J connectivity index is 2.31. The van der Waals surface area contributed by atoms with Gasteiger partial charge in [0.25, 0.3) is 5.69 Å². The van der Waals surface area contributed by atoms with Gasteiger partial charge in [-0.1, -0.05) is 12.1 Å². The van der Waals surface area contributed by atoms with Crippen LogP contribution >= 0.6 is 0 Å². The molecule has 6 heteroatoms. The first kappa shape index (κ1) is 14.8. The van der Waals surface area contributed by atoms with Crippen LogP contribution in [0, 0.1) is 15.9 Å². The summed E-state index contributed by atoms with van der Waals surface area (Å²) in [5.74, 6) is 0.163. The van der Waals surface area contributed by atoms with Gasteiger partial charge in [0.05, 0.1) is 12.0 Å². The van der Waals surface area contributed by atoms with Crippen molar-refractivity contribution in [3.63, 3.8) is 0 Å². The number of hydrogen-bond donors (Lipinski definition) is 1. The highest BCUT2D eigenvalue weighted by molar-refractivity contribution is 5.65. The van der Waals surface area contributed by atoms with Crippen molar-refractivity contribution < 1.29 is 14.1 Å². The van der Waals surface area contributed by atoms with E-state index in [-0.39, 0.29) is 17.5 Å². The van der Waals surface area contributed by atoms with Crippen molar-refractivity contribution >= 4 is 11.4 Å². The minimum atomic E-state index is -0.472. The lowest BCUT2D eigenvalue weighted by molar-refractivity contribution is -0.384. The molecule has 0 aromatic heterocycles. The Morgan fingerprint density at radius 2 is 2.05 bits per heavy atom. The maximum Gasteiger partial charge on any atom is 0.292 e. The molecule has 2 rings (SSSR count). The van der Waals surface area contributed by atoms with Gasteiger partial charge in [0.1, 0.15) is 17.3 Å². The fraction of sp³-hybridized carbons (Fsp3) is 0.200. The van der Waals surface area contributed by atoms with Crippen molar-refractivity contribution in [3.8, 4) is 5.75 Å². The molecule has 0 aliphatic heterocycles. The summed E-state index contributed by atoms with van der Waals surface area (Å²) in [5, 5.41) is 14.1. The minimum absolute atomic E-state index is 0.0564. The molecular formula is C15H15FN2O3. The van der Waals surface area contributed by atoms with Crippen molar-refractivity contribution in [1.82, 2.24) is 0 Å². The first-order valence-electron chi connectivity index (χ1n) is 6.35. The van der Waals surface area contributed by atoms with E-state index < -0.39 is 4.92 Å². The Bertz CT molecular complexity index is 661. The molecule has 2 aromatic rings. The molecule has 0 fully saturated rings. The fourth-order valence-corrected chi connectivity index (χ4v) is 2.01. The van der Waals surface area contributed by atoms with Crippen LogP contribution in [0.4, 0.5) is 15.8 Å². The van der Waals surface area contributed by atoms with E-state index in [1.807, 2.05) is 0 Å². The molecule has 0 spiro atoms. The van der Waals surface area contributed by atoms with Crippen LogP contribution in [0.1, 0.15) is 18.5 Å². The Kier molecular flexibility index (Phi) is 4.37. The van der Waals surface area contributed by atoms with E-state index in [2.05, 4.69) is 5.32 Å². The summed E-state index contributed by atoms with van der Waals surface area (Å²) in [7, 11) is 1.49. The topological polar surface area (TPSA) is 64.4 Å². The van der Waals surface area contributed by atoms with Gasteiger partial charge >= 0.3 is 0 Å². The Hall–Kier alpha value is -2.63. The minimum Gasteiger partial charge on any atom is -0.497 e. The smallest absolute Gasteiger partial charge is 0.292 e. The number of benzene rings is 2. The molecule has 0 aliphatic rings. The SMILES string of the molecule is COc1ccc([N+](=O)[O-])c(NC(C)c2cccc(F)c2)c1. The molecule has 1 unspecified atom stereocenters. The van der Waals surface area contributed by atoms with Crippen LogP contribution in [0.25, 0.3) is 0 Å². The first-order chi connectivity index (χ1) is 10.0. The summed E-state index contributed by atoms with van der Waals surface area (Å²) < 4.78 is 18.3. The van der Waals surface area contributed by atoms with Crippen LogP contribution in [0.3, 0.4) is 0 Å². The third-order valence-electron chi connectivity index (χ3n) is 3.12. The van der Waals surface area contributed by atoms with Gasteiger partial charge in [-0.15, -0.1) is 0 Å². The number of nitrogens with one attached hydrogen (secondary N) is 1. The molecule has 5 nitrogen and oxygen atoms in total. The van der Waals surface area contributed by atoms with E-state index in [0.717, 1.165) is 0 Å². The Labute approximate surface area is 121 Å². The van der Waals surface area contributed by atoms with Gasteiger partial charge in [0, 0.05) is 18.2 Å². The number of nitrogens with zero attached hydrogens (tertiary/aromatic N) is 1. The third kappa shape index (κ3) is 3.47. The largest absolute Gasteiger partial charge is 0.497 e. The number of anilines is 1. The van der Waals surface area contributed by atoms with E-state index >= 15 is 0 Å². The molecule has 0 saturated heterocycles. The number of rotatable bonds is 5. The molecule has 0 amide bonds. The zero-order chi connectivity index (χ0) is 15.4. The van der Waals surface area contributed by atoms with Crippen LogP contribution in [0.15, 0.2) is 42.5 Å². The maximum absolute atomic E-state index is 13.2. The molecule has 1 N–H and O–H groups in total. The highest BCUT2D eigenvalue weighted by atomic mass is 19.1. The summed E-state index contributed by atoms with van der Waals surface area (Å²) in [6.45, 7) is 1.80. The Morgan fingerprint density at radius 3 is 2.67 bits per heavy atom. The van der Waals surface area contributed by atoms with Crippen LogP contribution in [-0.4, -0.2) is 12.0 Å². The lowest BCUT2D eigenvalue weighted by Gasteiger charge is -2.16. The van der Waals surface area contributed by atoms with Crippen LogP contribution < -0.4 is 10.1 Å². The first-order valence-corrected chi connectivity index (χ1v) is 6.35. The van der Waals surface area contributed by atoms with Gasteiger partial charge in [-0.05, 0) is 30.7 Å². The molecule has 2 aromatic carbocycles. The van der Waals surface area contributed by atoms with Crippen LogP contribution in [0.5, 0.6) is 5.75 Å². The second-order valence-corrected chi connectivity index (χ2v) is 4.56. The van der Waals surface area contributed by atoms with Gasteiger partial charge in [-0.2, -0.15) is 0 Å². The predicted molar refractivity (Wildman–Crippen MR) is 78.1 cm³/mol. The number of hydrogen-bond acceptors (Lipinski definition) is 4. The molecular weight excluding hydrogens is 275 g/mol. The number of nitro groups is 1. The molecule has 0 aliphatic carbocycles. The molecule has 0 heterocycles. The van der Waals surface area contributed by atoms with Crippen LogP contribution in [0.2, 0.25) is 0 Å². The van der Waals surface area contributed by atoms with Gasteiger partial charge < -0.3 is 10.1 Å². The standard InChI is InChI=1S/C15H15FN2O3/c1-10(11-4-3-5-12(16)8-11)17-14-9-13(21-2)6-7-15(14)18(19)20/h3-10,17H,1-2H3. The van der Waals surface area contributed by atoms with Gasteiger partial charge in [-0.3, -0.25) is 10.1 Å². The highest BCUT2D eigenvalue weighted by Gasteiger charge is 2.17. The summed E-state index contributed by atoms with van der Waals surface area (Å²) in [5.41, 5.74) is 0.974. The van der Waals surface area contributed by atoms with E-state index in [4.69, 9.17) is 4.74 Å². The zero-order valence-electron chi connectivity index (χ0n) is 11.7. The van der Waals surface area contributed by atoms with Crippen LogP contribution in [-0.2, 0) is 0 Å². The van der Waals surface area contributed by atoms with Crippen molar-refractivity contribution in [1.29, 1.82) is 0 Å². The summed E-state index contributed by atoms with van der Waals surface area (Å²) in [4.78, 5) is 10.6. The number of methoxy groups -OCH3 is 1. The zero-order valence-corrected chi connectivity index (χ0v) is 11.7. The van der Waals surface area contributed by atoms with Crippen molar-refractivity contribution in [2.45, 2.75) is 13.0 Å². The Morgan fingerprint density at radius 1 is 1.29 bits per heavy atom.